The summed E-state index contributed by atoms with van der Waals surface area (Å²) in [6.07, 6.45) is 5.25. The van der Waals surface area contributed by atoms with Crippen molar-refractivity contribution in [2.24, 2.45) is 0 Å². The lowest BCUT2D eigenvalue weighted by Gasteiger charge is -2.32. The number of methoxy groups -OCH3 is 5. The van der Waals surface area contributed by atoms with Crippen molar-refractivity contribution in [1.29, 1.82) is 0 Å². The quantitative estimate of drug-likeness (QED) is 0.0149. The molecule has 4 heterocycles. The van der Waals surface area contributed by atoms with Crippen molar-refractivity contribution in [1.82, 2.24) is 15.0 Å². The van der Waals surface area contributed by atoms with E-state index in [1.807, 2.05) is 136 Å². The van der Waals surface area contributed by atoms with Crippen LogP contribution in [0.25, 0.3) is 33.8 Å². The minimum absolute atomic E-state index is 0.0707. The Kier molecular flexibility index (Phi) is 36.2. The number of pyridine rings is 3. The van der Waals surface area contributed by atoms with Gasteiger partial charge in [0.1, 0.15) is 0 Å². The lowest BCUT2D eigenvalue weighted by atomic mass is 9.78. The molecule has 108 heavy (non-hydrogen) atoms. The van der Waals surface area contributed by atoms with E-state index in [0.29, 0.717) is 40.7 Å². The van der Waals surface area contributed by atoms with E-state index in [1.54, 1.807) is 48.8 Å². The maximum absolute atomic E-state index is 11.7. The second-order valence-electron chi connectivity index (χ2n) is 23.2. The van der Waals surface area contributed by atoms with Crippen LogP contribution in [0.5, 0.6) is 0 Å². The van der Waals surface area contributed by atoms with Crippen LogP contribution in [-0.2, 0) is 33.0 Å². The van der Waals surface area contributed by atoms with E-state index in [9.17, 15) is 69.2 Å². The summed E-state index contributed by atoms with van der Waals surface area (Å²) in [5.41, 5.74) is 13.7. The van der Waals surface area contributed by atoms with Gasteiger partial charge in [0.25, 0.3) is 22.7 Å². The highest BCUT2D eigenvalue weighted by Crippen LogP contribution is 2.37. The number of carboxylic acids is 1. The zero-order chi connectivity index (χ0) is 81.1. The van der Waals surface area contributed by atoms with Gasteiger partial charge in [-0.15, -0.1) is 0 Å². The number of aryl methyl sites for hydroxylation is 3. The lowest BCUT2D eigenvalue weighted by Crippen LogP contribution is -2.41. The van der Waals surface area contributed by atoms with Crippen LogP contribution in [0.4, 0.5) is 28.4 Å². The summed E-state index contributed by atoms with van der Waals surface area (Å²) in [6, 6.07) is 38.0. The predicted octanol–water partition coefficient (Wildman–Crippen LogP) is 16.0. The van der Waals surface area contributed by atoms with Gasteiger partial charge in [0, 0.05) is 100 Å². The fourth-order valence-electron chi connectivity index (χ4n) is 8.83. The van der Waals surface area contributed by atoms with Crippen molar-refractivity contribution < 1.29 is 86.6 Å². The Balaban J connectivity index is 0.000000274. The highest BCUT2D eigenvalue weighted by atomic mass is 127. The molecule has 36 heteroatoms. The first-order chi connectivity index (χ1) is 50.7. The zero-order valence-electron chi connectivity index (χ0n) is 59.5. The van der Waals surface area contributed by atoms with Gasteiger partial charge in [-0.1, -0.05) is 63.4 Å². The van der Waals surface area contributed by atoms with Crippen molar-refractivity contribution >= 4 is 190 Å². The van der Waals surface area contributed by atoms with Gasteiger partial charge in [0.05, 0.1) is 119 Å². The summed E-state index contributed by atoms with van der Waals surface area (Å²) in [7, 11) is 5.61. The minimum atomic E-state index is -1.17. The van der Waals surface area contributed by atoms with E-state index in [-0.39, 0.29) is 51.0 Å². The van der Waals surface area contributed by atoms with E-state index in [2.05, 4.69) is 102 Å². The molecule has 9 aromatic rings. The van der Waals surface area contributed by atoms with Crippen LogP contribution in [0.2, 0.25) is 0 Å². The molecule has 0 atom stereocenters. The molecule has 0 spiro atoms. The monoisotopic (exact) mass is 2040 g/mol. The SMILES string of the molecule is COC(=O)c1cc(-c2ccc(C)cn2)cc([N+](=O)[O-])c1.COC(=O)c1cc(B2OC(C)(C)C(C)(C)O2)cc([N+](=O)[O-])c1.COC(=O)c1cc(I)cc(-c2ccc(C)cn2)c1.COC(=O)c1cc(I)cc([N+](=O)[O-])c1.COC(=O)c1cc(N)cc(-c2ccc(C)cn2)c1.ICI.O=C(O)c1cc(I)cc([N+](=O)[O-])c1. The van der Waals surface area contributed by atoms with Crippen molar-refractivity contribution in [3.63, 3.8) is 0 Å². The number of anilines is 1. The molecule has 0 saturated carbocycles. The first kappa shape index (κ1) is 91.0. The summed E-state index contributed by atoms with van der Waals surface area (Å²) >= 11 is 10.5. The number of non-ortho nitro benzene ring substituents is 4. The van der Waals surface area contributed by atoms with Gasteiger partial charge in [0.15, 0.2) is 0 Å². The number of carbonyl (C=O) groups excluding carboxylic acids is 5. The maximum Gasteiger partial charge on any atom is 0.495 e. The summed E-state index contributed by atoms with van der Waals surface area (Å²) in [5, 5.41) is 51.4. The fourth-order valence-corrected chi connectivity index (χ4v) is 10.8. The molecule has 6 aromatic carbocycles. The Morgan fingerprint density at radius 1 is 0.426 bits per heavy atom. The van der Waals surface area contributed by atoms with Crippen LogP contribution in [-0.4, -0.2) is 132 Å². The first-order valence-electron chi connectivity index (χ1n) is 30.9. The van der Waals surface area contributed by atoms with Crippen LogP contribution in [0.15, 0.2) is 164 Å². The van der Waals surface area contributed by atoms with Gasteiger partial charge < -0.3 is 43.8 Å². The number of carboxylic acid groups (broad SMARTS) is 1. The Hall–Kier alpha value is -9.38. The number of nitro benzene ring substituents is 4. The molecule has 3 N–H and O–H groups in total. The van der Waals surface area contributed by atoms with Crippen LogP contribution < -0.4 is 11.2 Å². The molecule has 3 aromatic heterocycles. The number of hydrogen-bond acceptors (Lipinski definition) is 25. The zero-order valence-corrected chi connectivity index (χ0v) is 70.3. The number of hydrogen-bond donors (Lipinski definition) is 2. The molecular weight excluding hydrogens is 1970 g/mol. The van der Waals surface area contributed by atoms with Gasteiger partial charge >= 0.3 is 42.9 Å². The number of nitrogens with zero attached hydrogens (tertiary/aromatic N) is 7. The molecule has 0 bridgehead atoms. The molecule has 30 nitrogen and oxygen atoms in total. The molecular formula is C72H68BI5N8O22. The number of benzene rings is 6. The number of aromatic carboxylic acids is 1. The fraction of sp³-hybridized carbons (Fsp3) is 0.208. The van der Waals surface area contributed by atoms with E-state index < -0.39 is 67.9 Å². The third-order valence-corrected chi connectivity index (χ3v) is 16.7. The Bertz CT molecular complexity index is 4620. The second kappa shape index (κ2) is 43.0. The Labute approximate surface area is 687 Å². The van der Waals surface area contributed by atoms with Crippen molar-refractivity contribution in [2.75, 3.05) is 43.7 Å². The molecule has 1 aliphatic heterocycles. The molecule has 1 fully saturated rings. The van der Waals surface area contributed by atoms with Gasteiger partial charge in [0.2, 0.25) is 0 Å². The number of nitrogens with two attached hydrogens (primary N) is 1. The van der Waals surface area contributed by atoms with Gasteiger partial charge in [-0.3, -0.25) is 55.4 Å². The molecule has 0 amide bonds. The van der Waals surface area contributed by atoms with E-state index >= 15 is 0 Å². The summed E-state index contributed by atoms with van der Waals surface area (Å²) in [4.78, 5) is 121. The van der Waals surface area contributed by atoms with Gasteiger partial charge in [-0.25, -0.2) is 28.8 Å². The van der Waals surface area contributed by atoms with E-state index in [1.165, 1.54) is 105 Å². The molecule has 0 radical (unpaired) electrons. The summed E-state index contributed by atoms with van der Waals surface area (Å²) in [6.45, 7) is 13.4. The Morgan fingerprint density at radius 3 is 1.04 bits per heavy atom. The number of nitrogen functional groups attached to an aromatic ring is 1. The number of alkyl halides is 2. The molecule has 0 aliphatic carbocycles. The van der Waals surface area contributed by atoms with Crippen molar-refractivity contribution in [2.45, 2.75) is 59.7 Å². The van der Waals surface area contributed by atoms with Crippen LogP contribution in [0.3, 0.4) is 0 Å². The summed E-state index contributed by atoms with van der Waals surface area (Å²) < 4.78 is 38.1. The third kappa shape index (κ3) is 28.0. The molecule has 1 aliphatic rings. The minimum Gasteiger partial charge on any atom is -0.478 e. The first-order valence-corrected chi connectivity index (χ1v) is 37.1. The topological polar surface area (TPSA) is 425 Å². The molecule has 0 unspecified atom stereocenters. The predicted molar refractivity (Wildman–Crippen MR) is 444 cm³/mol. The number of nitro groups is 4. The van der Waals surface area contributed by atoms with Crippen LogP contribution in [0.1, 0.15) is 107 Å². The number of aromatic nitrogens is 3. The van der Waals surface area contributed by atoms with Crippen molar-refractivity contribution in [3.8, 4) is 33.8 Å². The average molecular weight is 2040 g/mol. The van der Waals surface area contributed by atoms with E-state index in [0.717, 1.165) is 48.8 Å². The third-order valence-electron chi connectivity index (χ3n) is 14.8. The van der Waals surface area contributed by atoms with Crippen LogP contribution in [0, 0.1) is 71.9 Å². The largest absolute Gasteiger partial charge is 0.495 e. The van der Waals surface area contributed by atoms with Crippen molar-refractivity contribution in [3.05, 3.63) is 265 Å². The van der Waals surface area contributed by atoms with E-state index in [4.69, 9.17) is 24.9 Å². The second-order valence-corrected chi connectivity index (χ2v) is 31.4. The van der Waals surface area contributed by atoms with Crippen LogP contribution >= 0.6 is 113 Å². The number of esters is 5. The molecule has 10 rings (SSSR count). The lowest BCUT2D eigenvalue weighted by molar-refractivity contribution is -0.385. The smallest absolute Gasteiger partial charge is 0.478 e. The maximum atomic E-state index is 11.7. The number of halogens is 5. The molecule has 1 saturated heterocycles. The van der Waals surface area contributed by atoms with Gasteiger partial charge in [-0.05, 0) is 217 Å². The number of ether oxygens (including phenoxy) is 5. The molecule has 566 valence electrons. The Morgan fingerprint density at radius 2 is 0.704 bits per heavy atom. The average Bonchev–Trinajstić information content (AvgIpc) is 1.61. The standard InChI is InChI=1S/C14H18BNO6.C14H12INO2.C14H12N2O4.C14H14N2O2.C8H6INO4.C7H4INO4.CH2I2/c1-13(2)14(3,4)22-15(21-13)10-6-9(12(17)20-5)7-11(8-10)16(18)19;1-9-3-4-13(16-8-9)10-5-11(14(17)18-2)7-12(15)6-10;1-9-3-4-13(15-8-9)10-5-11(14(17)20-2)7-12(6-10)16(18)19;1-9-3-4-13(16-8-9)10-5-11(14(17)18-2)7-12(15)6-10;1-14-8(11)5-2-6(9)4-7(3-5)10(12)13;8-5-1-4(7(10)11)2-6(3-5)9(12)13;2-1-3/h6-8H,1-5H3;3-8H,1-2H3;3-8H,1-2H3;3-8H,15H2,1-2H3;2-4H,1H3;1-3H,(H,10,11);1H2. The summed E-state index contributed by atoms with van der Waals surface area (Å²) in [5.74, 6) is -3.76. The highest BCUT2D eigenvalue weighted by molar-refractivity contribution is 14.2. The highest BCUT2D eigenvalue weighted by Gasteiger charge is 2.52. The number of carbonyl (C=O) groups is 6. The normalized spacial score (nSPS) is 11.7. The number of rotatable bonds is 14. The van der Waals surface area contributed by atoms with Gasteiger partial charge in [-0.2, -0.15) is 0 Å².